The van der Waals surface area contributed by atoms with Gasteiger partial charge in [0, 0.05) is 6.42 Å². The maximum absolute atomic E-state index is 11.7. The number of anilines is 1. The molecule has 0 bridgehead atoms. The third-order valence-corrected chi connectivity index (χ3v) is 3.83. The number of carbonyl (C=O) groups is 1. The van der Waals surface area contributed by atoms with Crippen molar-refractivity contribution in [3.63, 3.8) is 0 Å². The fourth-order valence-corrected chi connectivity index (χ4v) is 2.41. The van der Waals surface area contributed by atoms with Crippen molar-refractivity contribution >= 4 is 17.3 Å². The summed E-state index contributed by atoms with van der Waals surface area (Å²) in [4.78, 5) is 22.0. The molecule has 2 N–H and O–H groups in total. The molecule has 0 spiro atoms. The lowest BCUT2D eigenvalue weighted by Gasteiger charge is -2.08. The lowest BCUT2D eigenvalue weighted by atomic mass is 10.1. The Bertz CT molecular complexity index is 446. The van der Waals surface area contributed by atoms with Gasteiger partial charge in [0.2, 0.25) is 5.91 Å². The van der Waals surface area contributed by atoms with E-state index >= 15 is 0 Å². The molecule has 1 aromatic rings. The molecule has 0 unspecified atom stereocenters. The second kappa shape index (κ2) is 12.6. The quantitative estimate of drug-likeness (QED) is 0.288. The maximum atomic E-state index is 11.7. The molecule has 0 aliphatic heterocycles. The number of benzene rings is 1. The van der Waals surface area contributed by atoms with Gasteiger partial charge in [-0.3, -0.25) is 15.6 Å². The van der Waals surface area contributed by atoms with Gasteiger partial charge < -0.3 is 0 Å². The molecule has 0 aliphatic carbocycles. The molecule has 1 amide bonds. The second-order valence-corrected chi connectivity index (χ2v) is 5.89. The molecule has 128 valence electrons. The first-order valence-corrected chi connectivity index (χ1v) is 8.74. The summed E-state index contributed by atoms with van der Waals surface area (Å²) >= 11 is 0. The average Bonchev–Trinajstić information content (AvgIpc) is 2.59. The number of nitrogens with zero attached hydrogens (tertiary/aromatic N) is 1. The van der Waals surface area contributed by atoms with Crippen LogP contribution in [0.5, 0.6) is 0 Å². The molecule has 0 radical (unpaired) electrons. The molecular formula is C18H29N3O2. The molecule has 0 atom stereocenters. The van der Waals surface area contributed by atoms with E-state index in [1.807, 2.05) is 0 Å². The number of amides is 1. The van der Waals surface area contributed by atoms with Crippen LogP contribution >= 0.6 is 0 Å². The van der Waals surface area contributed by atoms with E-state index < -0.39 is 0 Å². The Labute approximate surface area is 139 Å². The predicted molar refractivity (Wildman–Crippen MR) is 95.5 cm³/mol. The van der Waals surface area contributed by atoms with E-state index in [9.17, 15) is 9.70 Å². The van der Waals surface area contributed by atoms with Crippen LogP contribution in [0.15, 0.2) is 29.4 Å². The van der Waals surface area contributed by atoms with Crippen molar-refractivity contribution in [1.82, 2.24) is 5.43 Å². The number of nitrogens with one attached hydrogen (secondary N) is 2. The summed E-state index contributed by atoms with van der Waals surface area (Å²) in [5.74, 6) is -0.00876. The van der Waals surface area contributed by atoms with E-state index in [4.69, 9.17) is 0 Å². The minimum Gasteiger partial charge on any atom is -0.299 e. The van der Waals surface area contributed by atoms with Crippen molar-refractivity contribution in [2.45, 2.75) is 71.1 Å². The number of unbranched alkanes of at least 4 members (excludes halogenated alkanes) is 8. The Morgan fingerprint density at radius 1 is 0.913 bits per heavy atom. The highest BCUT2D eigenvalue weighted by molar-refractivity contribution is 5.77. The lowest BCUT2D eigenvalue weighted by molar-refractivity contribution is -0.120. The fourth-order valence-electron chi connectivity index (χ4n) is 2.41. The molecule has 0 aliphatic rings. The Morgan fingerprint density at radius 3 is 2.04 bits per heavy atom. The molecule has 1 aromatic carbocycles. The van der Waals surface area contributed by atoms with Gasteiger partial charge in [-0.25, -0.2) is 0 Å². The summed E-state index contributed by atoms with van der Waals surface area (Å²) in [5, 5.41) is 2.83. The van der Waals surface area contributed by atoms with Gasteiger partial charge in [0.05, 0.1) is 5.69 Å². The zero-order chi connectivity index (χ0) is 16.8. The van der Waals surface area contributed by atoms with Gasteiger partial charge in [0.1, 0.15) is 5.69 Å². The number of hydrazine groups is 1. The van der Waals surface area contributed by atoms with E-state index in [1.165, 1.54) is 44.9 Å². The van der Waals surface area contributed by atoms with Crippen molar-refractivity contribution in [3.8, 4) is 0 Å². The maximum Gasteiger partial charge on any atom is 0.238 e. The summed E-state index contributed by atoms with van der Waals surface area (Å²) in [7, 11) is 0. The molecule has 0 saturated heterocycles. The van der Waals surface area contributed by atoms with Gasteiger partial charge in [-0.15, -0.1) is 4.91 Å². The zero-order valence-corrected chi connectivity index (χ0v) is 14.1. The largest absolute Gasteiger partial charge is 0.299 e. The van der Waals surface area contributed by atoms with Crippen LogP contribution in [-0.2, 0) is 4.79 Å². The summed E-state index contributed by atoms with van der Waals surface area (Å²) in [5.41, 5.74) is 6.60. The topological polar surface area (TPSA) is 70.6 Å². The van der Waals surface area contributed by atoms with Crippen LogP contribution in [0, 0.1) is 4.91 Å². The van der Waals surface area contributed by atoms with E-state index in [0.29, 0.717) is 12.1 Å². The third kappa shape index (κ3) is 9.66. The summed E-state index contributed by atoms with van der Waals surface area (Å²) in [6.45, 7) is 2.23. The van der Waals surface area contributed by atoms with Crippen molar-refractivity contribution in [3.05, 3.63) is 29.2 Å². The Balaban J connectivity index is 1.98. The highest BCUT2D eigenvalue weighted by Gasteiger charge is 2.01. The minimum absolute atomic E-state index is 0.00876. The molecule has 1 rings (SSSR count). The van der Waals surface area contributed by atoms with E-state index in [2.05, 4.69) is 23.0 Å². The number of nitroso groups, excluding NO2 is 1. The van der Waals surface area contributed by atoms with Gasteiger partial charge in [-0.05, 0) is 35.9 Å². The van der Waals surface area contributed by atoms with Crippen molar-refractivity contribution in [2.75, 3.05) is 5.43 Å². The number of rotatable bonds is 13. The molecule has 0 fully saturated rings. The van der Waals surface area contributed by atoms with Crippen molar-refractivity contribution < 1.29 is 4.79 Å². The summed E-state index contributed by atoms with van der Waals surface area (Å²) in [6, 6.07) is 6.61. The van der Waals surface area contributed by atoms with Crippen LogP contribution in [0.4, 0.5) is 11.4 Å². The van der Waals surface area contributed by atoms with Gasteiger partial charge in [0.15, 0.2) is 0 Å². The van der Waals surface area contributed by atoms with Gasteiger partial charge in [-0.1, -0.05) is 58.3 Å². The standard InChI is InChI=1S/C18H29N3O2/c1-2-3-4-5-6-7-8-9-10-11-18(22)20-19-16-12-14-17(21-23)15-13-16/h12-15,19H,2-11H2,1H3,(H,20,22). The first-order chi connectivity index (χ1) is 11.3. The van der Waals surface area contributed by atoms with E-state index in [1.54, 1.807) is 24.3 Å². The highest BCUT2D eigenvalue weighted by atomic mass is 16.3. The molecular weight excluding hydrogens is 290 g/mol. The van der Waals surface area contributed by atoms with Crippen molar-refractivity contribution in [1.29, 1.82) is 0 Å². The molecule has 0 heterocycles. The number of hydrogen-bond acceptors (Lipinski definition) is 4. The monoisotopic (exact) mass is 319 g/mol. The van der Waals surface area contributed by atoms with Crippen LogP contribution in [0.2, 0.25) is 0 Å². The average molecular weight is 319 g/mol. The molecule has 23 heavy (non-hydrogen) atoms. The smallest absolute Gasteiger partial charge is 0.238 e. The molecule has 0 aromatic heterocycles. The van der Waals surface area contributed by atoms with Crippen LogP contribution in [0.1, 0.15) is 71.1 Å². The van der Waals surface area contributed by atoms with E-state index in [-0.39, 0.29) is 5.91 Å². The van der Waals surface area contributed by atoms with Gasteiger partial charge in [-0.2, -0.15) is 0 Å². The first kappa shape index (κ1) is 19.1. The zero-order valence-electron chi connectivity index (χ0n) is 14.1. The number of carbonyl (C=O) groups excluding carboxylic acids is 1. The fraction of sp³-hybridized carbons (Fsp3) is 0.611. The SMILES string of the molecule is CCCCCCCCCCCC(=O)NNc1ccc(N=O)cc1. The van der Waals surface area contributed by atoms with Crippen molar-refractivity contribution in [2.24, 2.45) is 5.18 Å². The Hall–Kier alpha value is -1.91. The van der Waals surface area contributed by atoms with Gasteiger partial charge >= 0.3 is 0 Å². The van der Waals surface area contributed by atoms with Crippen LogP contribution in [0.25, 0.3) is 0 Å². The summed E-state index contributed by atoms with van der Waals surface area (Å²) in [6.07, 6.45) is 11.7. The number of hydrogen-bond donors (Lipinski definition) is 2. The van der Waals surface area contributed by atoms with Crippen LogP contribution in [-0.4, -0.2) is 5.91 Å². The first-order valence-electron chi connectivity index (χ1n) is 8.74. The minimum atomic E-state index is -0.00876. The van der Waals surface area contributed by atoms with Crippen LogP contribution < -0.4 is 10.9 Å². The van der Waals surface area contributed by atoms with E-state index in [0.717, 1.165) is 18.5 Å². The van der Waals surface area contributed by atoms with Gasteiger partial charge in [0.25, 0.3) is 0 Å². The lowest BCUT2D eigenvalue weighted by Crippen LogP contribution is -2.28. The van der Waals surface area contributed by atoms with Crippen LogP contribution in [0.3, 0.4) is 0 Å². The second-order valence-electron chi connectivity index (χ2n) is 5.89. The predicted octanol–water partition coefficient (Wildman–Crippen LogP) is 5.45. The molecule has 0 saturated carbocycles. The molecule has 5 heteroatoms. The third-order valence-electron chi connectivity index (χ3n) is 3.83. The Kier molecular flexibility index (Phi) is 10.5. The molecule has 5 nitrogen and oxygen atoms in total. The normalized spacial score (nSPS) is 10.3. The Morgan fingerprint density at radius 2 is 1.48 bits per heavy atom. The highest BCUT2D eigenvalue weighted by Crippen LogP contribution is 2.15. The summed E-state index contributed by atoms with van der Waals surface area (Å²) < 4.78 is 0.